The molecule has 0 atom stereocenters. The minimum Gasteiger partial charge on any atom is -0.462 e. The van der Waals surface area contributed by atoms with Gasteiger partial charge in [0.15, 0.2) is 0 Å². The van der Waals surface area contributed by atoms with Crippen molar-refractivity contribution in [2.45, 2.75) is 32.4 Å². The Kier molecular flexibility index (Phi) is 5.60. The molecule has 1 aromatic heterocycles. The van der Waals surface area contributed by atoms with Gasteiger partial charge in [0.25, 0.3) is 0 Å². The van der Waals surface area contributed by atoms with Crippen molar-refractivity contribution in [1.29, 1.82) is 0 Å². The van der Waals surface area contributed by atoms with Gasteiger partial charge in [-0.3, -0.25) is 0 Å². The van der Waals surface area contributed by atoms with Gasteiger partial charge in [-0.05, 0) is 31.5 Å². The number of nitrogens with one attached hydrogen (secondary N) is 1. The molecule has 0 saturated heterocycles. The van der Waals surface area contributed by atoms with Crippen molar-refractivity contribution < 1.29 is 9.52 Å². The molecule has 1 aromatic rings. The van der Waals surface area contributed by atoms with Gasteiger partial charge in [0.2, 0.25) is 0 Å². The van der Waals surface area contributed by atoms with Crippen LogP contribution in [0.5, 0.6) is 0 Å². The first-order valence-electron chi connectivity index (χ1n) is 5.19. The molecule has 1 heterocycles. The van der Waals surface area contributed by atoms with Gasteiger partial charge in [-0.25, -0.2) is 0 Å². The van der Waals surface area contributed by atoms with Gasteiger partial charge in [0.1, 0.15) is 18.1 Å². The maximum atomic E-state index is 8.79. The molecule has 0 aliphatic carbocycles. The summed E-state index contributed by atoms with van der Waals surface area (Å²) < 4.78 is 5.32. The first kappa shape index (κ1) is 11.8. The van der Waals surface area contributed by atoms with Crippen molar-refractivity contribution in [3.05, 3.63) is 23.7 Å². The molecule has 82 valence electrons. The van der Waals surface area contributed by atoms with Crippen LogP contribution in [0.25, 0.3) is 0 Å². The fourth-order valence-electron chi connectivity index (χ4n) is 1.29. The number of rotatable bonds is 7. The van der Waals surface area contributed by atoms with Crippen LogP contribution in [0.4, 0.5) is 0 Å². The summed E-state index contributed by atoms with van der Waals surface area (Å²) in [6.45, 7) is 1.61. The van der Waals surface area contributed by atoms with E-state index in [0.29, 0.717) is 12.3 Å². The Morgan fingerprint density at radius 2 is 2.13 bits per heavy atom. The summed E-state index contributed by atoms with van der Waals surface area (Å²) >= 11 is 0. The van der Waals surface area contributed by atoms with Crippen LogP contribution >= 0.6 is 0 Å². The van der Waals surface area contributed by atoms with Crippen LogP contribution in [0.2, 0.25) is 0 Å². The number of furan rings is 1. The zero-order valence-electron chi connectivity index (χ0n) is 8.83. The lowest BCUT2D eigenvalue weighted by molar-refractivity contribution is 0.243. The third kappa shape index (κ3) is 4.68. The topological polar surface area (TPSA) is 45.4 Å². The molecule has 15 heavy (non-hydrogen) atoms. The van der Waals surface area contributed by atoms with Crippen LogP contribution in [0, 0.1) is 12.3 Å². The van der Waals surface area contributed by atoms with E-state index in [2.05, 4.69) is 11.2 Å². The molecule has 0 bridgehead atoms. The molecule has 1 rings (SSSR count). The van der Waals surface area contributed by atoms with E-state index in [4.69, 9.17) is 15.9 Å². The van der Waals surface area contributed by atoms with Gasteiger partial charge in [0, 0.05) is 6.42 Å². The second-order valence-corrected chi connectivity index (χ2v) is 3.36. The average Bonchev–Trinajstić information content (AvgIpc) is 2.71. The molecule has 0 aromatic carbocycles. The van der Waals surface area contributed by atoms with Crippen molar-refractivity contribution in [2.75, 3.05) is 6.54 Å². The van der Waals surface area contributed by atoms with E-state index >= 15 is 0 Å². The second kappa shape index (κ2) is 7.10. The van der Waals surface area contributed by atoms with Crippen LogP contribution in [0.1, 0.15) is 30.8 Å². The fraction of sp³-hybridized carbons (Fsp3) is 0.500. The molecule has 3 nitrogen and oxygen atoms in total. The summed E-state index contributed by atoms with van der Waals surface area (Å²) in [5.74, 6) is 4.08. The molecule has 2 N–H and O–H groups in total. The Hall–Kier alpha value is -1.24. The standard InChI is InChI=1S/C12H17NO2/c1-2-3-4-5-8-13-9-11-6-7-12(10-14)15-11/h1,6-7,13-14H,3-5,8-10H2. The van der Waals surface area contributed by atoms with E-state index in [9.17, 15) is 0 Å². The third-order valence-corrected chi connectivity index (χ3v) is 2.10. The van der Waals surface area contributed by atoms with E-state index < -0.39 is 0 Å². The molecular formula is C12H17NO2. The molecule has 0 amide bonds. The molecule has 0 fully saturated rings. The van der Waals surface area contributed by atoms with Crippen LogP contribution in [-0.4, -0.2) is 11.7 Å². The summed E-state index contributed by atoms with van der Waals surface area (Å²) in [4.78, 5) is 0. The zero-order valence-corrected chi connectivity index (χ0v) is 8.83. The van der Waals surface area contributed by atoms with E-state index in [0.717, 1.165) is 31.6 Å². The smallest absolute Gasteiger partial charge is 0.129 e. The number of aliphatic hydroxyl groups is 1. The lowest BCUT2D eigenvalue weighted by Gasteiger charge is -2.00. The Bertz CT molecular complexity index is 312. The Morgan fingerprint density at radius 3 is 2.80 bits per heavy atom. The molecule has 0 spiro atoms. The van der Waals surface area contributed by atoms with E-state index in [-0.39, 0.29) is 6.61 Å². The van der Waals surface area contributed by atoms with Crippen molar-refractivity contribution in [2.24, 2.45) is 0 Å². The molecule has 0 saturated carbocycles. The van der Waals surface area contributed by atoms with Gasteiger partial charge in [-0.1, -0.05) is 0 Å². The monoisotopic (exact) mass is 207 g/mol. The second-order valence-electron chi connectivity index (χ2n) is 3.36. The first-order chi connectivity index (χ1) is 7.36. The zero-order chi connectivity index (χ0) is 10.9. The fourth-order valence-corrected chi connectivity index (χ4v) is 1.29. The quantitative estimate of drug-likeness (QED) is 0.528. The Morgan fingerprint density at radius 1 is 1.33 bits per heavy atom. The number of hydrogen-bond acceptors (Lipinski definition) is 3. The summed E-state index contributed by atoms with van der Waals surface area (Å²) in [6, 6.07) is 3.66. The Labute approximate surface area is 90.5 Å². The van der Waals surface area contributed by atoms with Gasteiger partial charge in [-0.2, -0.15) is 0 Å². The van der Waals surface area contributed by atoms with Gasteiger partial charge in [-0.15, -0.1) is 12.3 Å². The summed E-state index contributed by atoms with van der Waals surface area (Å²) in [5, 5.41) is 12.0. The maximum Gasteiger partial charge on any atom is 0.129 e. The lowest BCUT2D eigenvalue weighted by Crippen LogP contribution is -2.14. The van der Waals surface area contributed by atoms with Crippen LogP contribution in [0.15, 0.2) is 16.5 Å². The largest absolute Gasteiger partial charge is 0.462 e. The SMILES string of the molecule is C#CCCCCNCc1ccc(CO)o1. The lowest BCUT2D eigenvalue weighted by atomic mass is 10.2. The number of unbranched alkanes of at least 4 members (excludes halogenated alkanes) is 2. The summed E-state index contributed by atoms with van der Waals surface area (Å²) in [7, 11) is 0. The average molecular weight is 207 g/mol. The van der Waals surface area contributed by atoms with Gasteiger partial charge in [0.05, 0.1) is 6.54 Å². The predicted octanol–water partition coefficient (Wildman–Crippen LogP) is 1.66. The highest BCUT2D eigenvalue weighted by Gasteiger charge is 1.99. The van der Waals surface area contributed by atoms with E-state index in [1.54, 1.807) is 6.07 Å². The van der Waals surface area contributed by atoms with Crippen molar-refractivity contribution in [3.8, 4) is 12.3 Å². The van der Waals surface area contributed by atoms with Crippen LogP contribution < -0.4 is 5.32 Å². The van der Waals surface area contributed by atoms with Crippen molar-refractivity contribution >= 4 is 0 Å². The normalized spacial score (nSPS) is 10.1. The molecule has 0 aliphatic rings. The van der Waals surface area contributed by atoms with Gasteiger partial charge < -0.3 is 14.8 Å². The molecule has 0 radical (unpaired) electrons. The maximum absolute atomic E-state index is 8.79. The van der Waals surface area contributed by atoms with Gasteiger partial charge >= 0.3 is 0 Å². The van der Waals surface area contributed by atoms with Crippen LogP contribution in [0.3, 0.4) is 0 Å². The Balaban J connectivity index is 2.07. The van der Waals surface area contributed by atoms with Crippen molar-refractivity contribution in [3.63, 3.8) is 0 Å². The minimum atomic E-state index is -0.0395. The van der Waals surface area contributed by atoms with E-state index in [1.165, 1.54) is 0 Å². The van der Waals surface area contributed by atoms with Crippen LogP contribution in [-0.2, 0) is 13.2 Å². The third-order valence-electron chi connectivity index (χ3n) is 2.10. The number of terminal acetylenes is 1. The summed E-state index contributed by atoms with van der Waals surface area (Å²) in [5.41, 5.74) is 0. The van der Waals surface area contributed by atoms with Crippen molar-refractivity contribution in [1.82, 2.24) is 5.32 Å². The first-order valence-corrected chi connectivity index (χ1v) is 5.19. The number of hydrogen-bond donors (Lipinski definition) is 2. The molecule has 0 aliphatic heterocycles. The highest BCUT2D eigenvalue weighted by molar-refractivity contribution is 5.05. The molecule has 3 heteroatoms. The minimum absolute atomic E-state index is 0.0395. The molecule has 0 unspecified atom stereocenters. The highest BCUT2D eigenvalue weighted by atomic mass is 16.4. The molecular weight excluding hydrogens is 190 g/mol. The van der Waals surface area contributed by atoms with E-state index in [1.807, 2.05) is 6.07 Å². The predicted molar refractivity (Wildman–Crippen MR) is 59.0 cm³/mol. The number of aliphatic hydroxyl groups excluding tert-OH is 1. The summed E-state index contributed by atoms with van der Waals surface area (Å²) in [6.07, 6.45) is 8.13. The highest BCUT2D eigenvalue weighted by Crippen LogP contribution is 2.07.